The van der Waals surface area contributed by atoms with E-state index < -0.39 is 11.0 Å². The molecule has 21 heavy (non-hydrogen) atoms. The number of hydrogen-bond acceptors (Lipinski definition) is 4. The highest BCUT2D eigenvalue weighted by Crippen LogP contribution is 2.51. The van der Waals surface area contributed by atoms with E-state index in [1.165, 1.54) is 12.8 Å². The molecular formula is C17H32O4. The smallest absolute Gasteiger partial charge is 0.0825 e. The highest BCUT2D eigenvalue weighted by molar-refractivity contribution is 5.07. The van der Waals surface area contributed by atoms with E-state index in [2.05, 4.69) is 0 Å². The van der Waals surface area contributed by atoms with E-state index in [4.69, 9.17) is 0 Å². The second kappa shape index (κ2) is 7.40. The molecule has 0 aliphatic heterocycles. The first-order chi connectivity index (χ1) is 10.1. The van der Waals surface area contributed by atoms with Gasteiger partial charge in [0, 0.05) is 0 Å². The van der Waals surface area contributed by atoms with Crippen molar-refractivity contribution in [3.05, 3.63) is 0 Å². The molecule has 0 radical (unpaired) electrons. The standard InChI is InChI=1S/C17H32O4/c18-11-16(12-19,13-20)17(21,14-7-3-1-4-8-14)15-9-5-2-6-10-15/h14-15,18-21H,1-13H2. The van der Waals surface area contributed by atoms with Crippen molar-refractivity contribution in [1.82, 2.24) is 0 Å². The Bertz CT molecular complexity index is 276. The van der Waals surface area contributed by atoms with Crippen LogP contribution >= 0.6 is 0 Å². The minimum atomic E-state index is -1.18. The maximum absolute atomic E-state index is 11.7. The van der Waals surface area contributed by atoms with Crippen LogP contribution in [-0.4, -0.2) is 45.8 Å². The molecule has 0 aromatic carbocycles. The van der Waals surface area contributed by atoms with Gasteiger partial charge >= 0.3 is 0 Å². The van der Waals surface area contributed by atoms with Crippen molar-refractivity contribution in [1.29, 1.82) is 0 Å². The minimum absolute atomic E-state index is 0.0841. The first kappa shape index (κ1) is 17.2. The van der Waals surface area contributed by atoms with E-state index in [0.29, 0.717) is 0 Å². The SMILES string of the molecule is OCC(CO)(CO)C(O)(C1CCCCC1)C1CCCCC1. The van der Waals surface area contributed by atoms with Crippen LogP contribution in [0.3, 0.4) is 0 Å². The molecule has 0 unspecified atom stereocenters. The van der Waals surface area contributed by atoms with Crippen molar-refractivity contribution in [2.24, 2.45) is 17.3 Å². The summed E-state index contributed by atoms with van der Waals surface area (Å²) in [6, 6.07) is 0. The molecule has 0 spiro atoms. The van der Waals surface area contributed by atoms with Crippen LogP contribution in [0.15, 0.2) is 0 Å². The Hall–Kier alpha value is -0.160. The monoisotopic (exact) mass is 300 g/mol. The first-order valence-corrected chi connectivity index (χ1v) is 8.69. The molecule has 0 heterocycles. The average molecular weight is 300 g/mol. The van der Waals surface area contributed by atoms with Gasteiger partial charge in [0.2, 0.25) is 0 Å². The Morgan fingerprint density at radius 3 is 1.24 bits per heavy atom. The molecule has 0 aromatic rings. The number of hydrogen-bond donors (Lipinski definition) is 4. The number of rotatable bonds is 6. The summed E-state index contributed by atoms with van der Waals surface area (Å²) in [5, 5.41) is 41.4. The first-order valence-electron chi connectivity index (χ1n) is 8.69. The minimum Gasteiger partial charge on any atom is -0.395 e. The number of aliphatic hydroxyl groups is 4. The lowest BCUT2D eigenvalue weighted by Crippen LogP contribution is -2.64. The van der Waals surface area contributed by atoms with Gasteiger partial charge in [-0.2, -0.15) is 0 Å². The van der Waals surface area contributed by atoms with Crippen molar-refractivity contribution in [2.45, 2.75) is 69.8 Å². The van der Waals surface area contributed by atoms with E-state index in [0.717, 1.165) is 51.4 Å². The van der Waals surface area contributed by atoms with Crippen LogP contribution in [0.2, 0.25) is 0 Å². The largest absolute Gasteiger partial charge is 0.395 e. The summed E-state index contributed by atoms with van der Waals surface area (Å²) in [7, 11) is 0. The van der Waals surface area contributed by atoms with Crippen molar-refractivity contribution in [2.75, 3.05) is 19.8 Å². The molecule has 124 valence electrons. The summed E-state index contributed by atoms with van der Waals surface area (Å²) < 4.78 is 0. The summed E-state index contributed by atoms with van der Waals surface area (Å²) >= 11 is 0. The third-order valence-electron chi connectivity index (χ3n) is 6.21. The lowest BCUT2D eigenvalue weighted by atomic mass is 9.55. The van der Waals surface area contributed by atoms with Gasteiger partial charge in [0.25, 0.3) is 0 Å². The molecule has 0 saturated heterocycles. The van der Waals surface area contributed by atoms with E-state index in [9.17, 15) is 20.4 Å². The zero-order valence-corrected chi connectivity index (χ0v) is 13.1. The zero-order valence-electron chi connectivity index (χ0n) is 13.1. The molecule has 2 saturated carbocycles. The van der Waals surface area contributed by atoms with Gasteiger partial charge in [-0.15, -0.1) is 0 Å². The van der Waals surface area contributed by atoms with Crippen LogP contribution in [0.1, 0.15) is 64.2 Å². The van der Waals surface area contributed by atoms with Gasteiger partial charge in [-0.05, 0) is 37.5 Å². The predicted octanol–water partition coefficient (Wildman–Crippen LogP) is 1.84. The molecule has 4 nitrogen and oxygen atoms in total. The maximum Gasteiger partial charge on any atom is 0.0825 e. The Balaban J connectivity index is 2.35. The molecule has 2 aliphatic rings. The molecule has 0 amide bonds. The predicted molar refractivity (Wildman–Crippen MR) is 81.8 cm³/mol. The van der Waals surface area contributed by atoms with Crippen LogP contribution in [0.25, 0.3) is 0 Å². The Kier molecular flexibility index (Phi) is 6.06. The summed E-state index contributed by atoms with van der Waals surface area (Å²) in [5.41, 5.74) is -2.33. The van der Waals surface area contributed by atoms with Crippen LogP contribution in [-0.2, 0) is 0 Å². The Morgan fingerprint density at radius 2 is 0.952 bits per heavy atom. The molecule has 0 bridgehead atoms. The third-order valence-corrected chi connectivity index (χ3v) is 6.21. The van der Waals surface area contributed by atoms with Gasteiger partial charge in [-0.25, -0.2) is 0 Å². The van der Waals surface area contributed by atoms with Crippen molar-refractivity contribution >= 4 is 0 Å². The highest BCUT2D eigenvalue weighted by atomic mass is 16.3. The van der Waals surface area contributed by atoms with Gasteiger partial charge in [-0.1, -0.05) is 38.5 Å². The number of aliphatic hydroxyl groups excluding tert-OH is 3. The highest BCUT2D eigenvalue weighted by Gasteiger charge is 2.57. The van der Waals surface area contributed by atoms with Crippen LogP contribution in [0, 0.1) is 17.3 Å². The summed E-state index contributed by atoms with van der Waals surface area (Å²) in [6.07, 6.45) is 10.5. The van der Waals surface area contributed by atoms with Crippen molar-refractivity contribution in [3.63, 3.8) is 0 Å². The van der Waals surface area contributed by atoms with E-state index >= 15 is 0 Å². The zero-order chi connectivity index (χ0) is 15.3. The fourth-order valence-electron chi connectivity index (χ4n) is 4.81. The summed E-state index contributed by atoms with van der Waals surface area (Å²) in [4.78, 5) is 0. The average Bonchev–Trinajstić information content (AvgIpc) is 2.58. The van der Waals surface area contributed by atoms with Gasteiger partial charge in [0.1, 0.15) is 0 Å². The molecule has 2 rings (SSSR count). The fourth-order valence-corrected chi connectivity index (χ4v) is 4.81. The third kappa shape index (κ3) is 3.00. The Morgan fingerprint density at radius 1 is 0.619 bits per heavy atom. The quantitative estimate of drug-likeness (QED) is 0.603. The van der Waals surface area contributed by atoms with Gasteiger partial charge in [0.15, 0.2) is 0 Å². The van der Waals surface area contributed by atoms with Gasteiger partial charge < -0.3 is 20.4 Å². The molecular weight excluding hydrogens is 268 g/mol. The summed E-state index contributed by atoms with van der Waals surface area (Å²) in [5.74, 6) is 0.168. The second-order valence-electron chi connectivity index (χ2n) is 7.25. The van der Waals surface area contributed by atoms with Crippen LogP contribution in [0.5, 0.6) is 0 Å². The maximum atomic E-state index is 11.7. The Labute approximate surface area is 128 Å². The molecule has 2 fully saturated rings. The molecule has 4 N–H and O–H groups in total. The van der Waals surface area contributed by atoms with Gasteiger partial charge in [0.05, 0.1) is 30.8 Å². The molecule has 0 atom stereocenters. The van der Waals surface area contributed by atoms with Gasteiger partial charge in [-0.3, -0.25) is 0 Å². The van der Waals surface area contributed by atoms with Crippen LogP contribution < -0.4 is 0 Å². The van der Waals surface area contributed by atoms with E-state index in [1.807, 2.05) is 0 Å². The lowest BCUT2D eigenvalue weighted by molar-refractivity contribution is -0.220. The van der Waals surface area contributed by atoms with E-state index in [-0.39, 0.29) is 31.7 Å². The topological polar surface area (TPSA) is 80.9 Å². The molecule has 2 aliphatic carbocycles. The normalized spacial score (nSPS) is 23.4. The second-order valence-corrected chi connectivity index (χ2v) is 7.25. The van der Waals surface area contributed by atoms with Crippen molar-refractivity contribution in [3.8, 4) is 0 Å². The molecule has 0 aromatic heterocycles. The summed E-state index contributed by atoms with van der Waals surface area (Å²) in [6.45, 7) is -1.07. The van der Waals surface area contributed by atoms with Crippen LogP contribution in [0.4, 0.5) is 0 Å². The van der Waals surface area contributed by atoms with Crippen molar-refractivity contribution < 1.29 is 20.4 Å². The molecule has 4 heteroatoms. The fraction of sp³-hybridized carbons (Fsp3) is 1.00. The lowest BCUT2D eigenvalue weighted by Gasteiger charge is -2.55. The van der Waals surface area contributed by atoms with E-state index in [1.54, 1.807) is 0 Å².